The van der Waals surface area contributed by atoms with Crippen LogP contribution >= 0.6 is 0 Å². The molecule has 4 bridgehead atoms. The third kappa shape index (κ3) is 12.8. The van der Waals surface area contributed by atoms with E-state index in [-0.39, 0.29) is 35.0 Å². The van der Waals surface area contributed by atoms with Crippen molar-refractivity contribution in [1.29, 1.82) is 0 Å². The summed E-state index contributed by atoms with van der Waals surface area (Å²) in [4.78, 5) is 15.2. The molecule has 2 aromatic heterocycles. The van der Waals surface area contributed by atoms with Gasteiger partial charge in [-0.2, -0.15) is 0 Å². The van der Waals surface area contributed by atoms with Gasteiger partial charge in [0.2, 0.25) is 0 Å². The topological polar surface area (TPSA) is 42.2 Å². The lowest BCUT2D eigenvalue weighted by atomic mass is 9.43. The molecule has 106 heavy (non-hydrogen) atoms. The quantitative estimate of drug-likeness (QED) is 0.170. The number of fused-ring (bicyclic) bond motifs is 5. The minimum atomic E-state index is -3.08. The van der Waals surface area contributed by atoms with Crippen molar-refractivity contribution in [3.63, 3.8) is 0 Å². The number of hydrogen-bond donors (Lipinski definition) is 0. The fourth-order valence-electron chi connectivity index (χ4n) is 21.9. The van der Waals surface area contributed by atoms with E-state index in [0.717, 1.165) is 86.1 Å². The van der Waals surface area contributed by atoms with Gasteiger partial charge in [-0.15, -0.1) is 0 Å². The Balaban J connectivity index is 0.000000127. The summed E-state index contributed by atoms with van der Waals surface area (Å²) < 4.78 is 159. The van der Waals surface area contributed by atoms with Crippen LogP contribution in [0.4, 0.5) is 39.9 Å². The van der Waals surface area contributed by atoms with Gasteiger partial charge in [0.1, 0.15) is 11.4 Å². The molecule has 7 atom stereocenters. The van der Waals surface area contributed by atoms with Gasteiger partial charge in [-0.05, 0) is 291 Å². The summed E-state index contributed by atoms with van der Waals surface area (Å²) >= 11 is 0. The van der Waals surface area contributed by atoms with Gasteiger partial charge in [0.25, 0.3) is 0 Å². The van der Waals surface area contributed by atoms with Crippen molar-refractivity contribution in [3.05, 3.63) is 215 Å². The second kappa shape index (κ2) is 27.9. The average molecular weight is 1440 g/mol. The molecule has 0 radical (unpaired) electrons. The third-order valence-electron chi connectivity index (χ3n) is 27.1. The van der Waals surface area contributed by atoms with Gasteiger partial charge in [0, 0.05) is 133 Å². The Kier molecular flexibility index (Phi) is 14.7. The number of benzene rings is 7. The Bertz CT molecular complexity index is 5280. The van der Waals surface area contributed by atoms with Gasteiger partial charge in [-0.1, -0.05) is 188 Å². The molecule has 7 heterocycles. The van der Waals surface area contributed by atoms with Crippen molar-refractivity contribution >= 4 is 61.9 Å². The van der Waals surface area contributed by atoms with Gasteiger partial charge in [0.15, 0.2) is 5.58 Å². The maximum Gasteiger partial charge on any atom is 0.158 e. The molecule has 3 saturated heterocycles. The van der Waals surface area contributed by atoms with E-state index in [9.17, 15) is 2.74 Å². The number of pyridine rings is 1. The molecule has 562 valence electrons. The lowest BCUT2D eigenvalue weighted by Crippen LogP contribution is -2.57. The number of aryl methyl sites for hydroxylation is 5. The first-order valence-electron chi connectivity index (χ1n) is 48.7. The van der Waals surface area contributed by atoms with Crippen LogP contribution < -0.4 is 24.5 Å². The average Bonchev–Trinajstić information content (AvgIpc) is 1.48. The summed E-state index contributed by atoms with van der Waals surface area (Å²) in [6.07, 6.45) is 8.93. The number of aromatic nitrogens is 1. The predicted molar refractivity (Wildman–Crippen MR) is 454 cm³/mol. The molecule has 19 rings (SSSR count). The van der Waals surface area contributed by atoms with Crippen molar-refractivity contribution in [2.75, 3.05) is 24.5 Å². The van der Waals surface area contributed by atoms with E-state index in [1.165, 1.54) is 80.8 Å². The van der Waals surface area contributed by atoms with E-state index in [2.05, 4.69) is 148 Å². The molecule has 9 aromatic rings. The maximum absolute atomic E-state index is 9.52. The molecule has 5 aliphatic carbocycles. The second-order valence-corrected chi connectivity index (χ2v) is 35.2. The highest BCUT2D eigenvalue weighted by Gasteiger charge is 2.66. The van der Waals surface area contributed by atoms with E-state index in [1.54, 1.807) is 24.9 Å². The molecule has 7 aromatic carbocycles. The van der Waals surface area contributed by atoms with Crippen LogP contribution in [0.5, 0.6) is 0 Å². The highest BCUT2D eigenvalue weighted by Crippen LogP contribution is 2.70. The Labute approximate surface area is 665 Å². The van der Waals surface area contributed by atoms with Gasteiger partial charge >= 0.3 is 0 Å². The van der Waals surface area contributed by atoms with Crippen LogP contribution in [0.25, 0.3) is 21.9 Å². The third-order valence-corrected chi connectivity index (χ3v) is 27.1. The first-order chi connectivity index (χ1) is 57.5. The van der Waals surface area contributed by atoms with E-state index >= 15 is 0 Å². The molecular formula is C99H130N6O. The van der Waals surface area contributed by atoms with Gasteiger partial charge in [-0.25, -0.2) is 4.98 Å². The van der Waals surface area contributed by atoms with Crippen LogP contribution in [0.15, 0.2) is 180 Å². The number of hydrogen-bond acceptors (Lipinski definition) is 7. The first-order valence-corrected chi connectivity index (χ1v) is 39.7. The molecule has 5 aliphatic heterocycles. The molecular weight excluding hydrogens is 1290 g/mol. The fraction of sp³-hybridized carbons (Fsp3) is 0.525. The summed E-state index contributed by atoms with van der Waals surface area (Å²) in [7, 11) is 0. The minimum Gasteiger partial charge on any atom is -0.454 e. The highest BCUT2D eigenvalue weighted by molar-refractivity contribution is 6.09. The summed E-state index contributed by atoms with van der Waals surface area (Å²) in [5.41, 5.74) is 7.14. The van der Waals surface area contributed by atoms with Crippen LogP contribution in [0.1, 0.15) is 264 Å². The predicted octanol–water partition coefficient (Wildman–Crippen LogP) is 26.5. The molecule has 7 heteroatoms. The normalized spacial score (nSPS) is 34.2. The van der Waals surface area contributed by atoms with E-state index < -0.39 is 85.4 Å². The summed E-state index contributed by atoms with van der Waals surface area (Å²) in [6, 6.07) is 55.1. The summed E-state index contributed by atoms with van der Waals surface area (Å²) in [5.74, 6) is 3.64. The molecule has 7 nitrogen and oxygen atoms in total. The number of nitrogens with zero attached hydrogens (tertiary/aromatic N) is 6. The van der Waals surface area contributed by atoms with Gasteiger partial charge < -0.3 is 28.9 Å². The number of rotatable bonds is 5. The number of furan rings is 1. The van der Waals surface area contributed by atoms with Crippen molar-refractivity contribution in [3.8, 4) is 0 Å². The first kappa shape index (κ1) is 55.8. The lowest BCUT2D eigenvalue weighted by molar-refractivity contribution is -0.113. The van der Waals surface area contributed by atoms with Crippen molar-refractivity contribution < 1.29 is 29.1 Å². The van der Waals surface area contributed by atoms with E-state index in [4.69, 9.17) is 26.3 Å². The van der Waals surface area contributed by atoms with Crippen LogP contribution in [0.3, 0.4) is 0 Å². The summed E-state index contributed by atoms with van der Waals surface area (Å²) in [5, 5.41) is 1.69. The number of para-hydroxylation sites is 6. The molecule has 0 N–H and O–H groups in total. The minimum absolute atomic E-state index is 0.140. The van der Waals surface area contributed by atoms with E-state index in [1.807, 2.05) is 151 Å². The van der Waals surface area contributed by atoms with Crippen molar-refractivity contribution in [2.45, 2.75) is 293 Å². The number of anilines is 7. The Hall–Kier alpha value is -7.51. The van der Waals surface area contributed by atoms with Crippen LogP contribution in [0, 0.1) is 74.5 Å². The monoisotopic (exact) mass is 1440 g/mol. The summed E-state index contributed by atoms with van der Waals surface area (Å²) in [6.45, 7) is 25.4. The fourth-order valence-corrected chi connectivity index (χ4v) is 21.9. The smallest absolute Gasteiger partial charge is 0.158 e. The molecule has 5 saturated carbocycles. The van der Waals surface area contributed by atoms with Crippen molar-refractivity contribution in [2.24, 2.45) is 39.9 Å². The molecule has 0 amide bonds. The lowest BCUT2D eigenvalue weighted by Gasteiger charge is -2.62. The van der Waals surface area contributed by atoms with Crippen LogP contribution in [-0.4, -0.2) is 51.8 Å². The van der Waals surface area contributed by atoms with Gasteiger partial charge in [0.05, 0.1) is 5.69 Å². The zero-order valence-corrected chi connectivity index (χ0v) is 66.6. The zero-order chi connectivity index (χ0) is 91.0. The highest BCUT2D eigenvalue weighted by atomic mass is 16.3. The van der Waals surface area contributed by atoms with Crippen LogP contribution in [0.2, 0.25) is 0 Å². The molecule has 2 spiro atoms. The maximum atomic E-state index is 9.52. The Morgan fingerprint density at radius 1 is 0.406 bits per heavy atom. The van der Waals surface area contributed by atoms with Crippen molar-refractivity contribution in [1.82, 2.24) is 4.98 Å². The zero-order valence-electron chi connectivity index (χ0n) is 84.6. The molecule has 8 fully saturated rings. The SMILES string of the molecule is [2H]C([2H])([2H])C1(C([2H])([2H])[2H])C(C)N(c2c(C)ccc3c2oc2ccccc23)C(C)(C)C1([2H])[2H].[2H]C([2H])([2H])C1(C)c2ccccc2N(c2ccccc2C)C1C.[2H]C([2H])([2H])C1(C)c2cccnc2N(c2ccccc2C)C1C.[2H]C1([2H])C2(C3CC4CC(C3)CC2C4)C(C)N(c2ccccc2C)C1(C)C.[2H]C1([2H])C2(CCCCC2)C(C)N(c2ccccc2C)C1(C)C. The largest absolute Gasteiger partial charge is 0.454 e. The van der Waals surface area contributed by atoms with E-state index in [0.29, 0.717) is 28.7 Å². The van der Waals surface area contributed by atoms with Crippen LogP contribution in [-0.2, 0) is 10.8 Å². The Morgan fingerprint density at radius 2 is 0.877 bits per heavy atom. The molecule has 7 unspecified atom stereocenters. The standard InChI is InChI=1S/C23H33N.C22H27NO.C19H29N.C18H21N.C17H20N2/c1-15-7-5-6-8-21(15)24-16(2)23(14-22(24,3)4)19-10-17-9-18(12-19)13-20(23)11-17;1-14-11-12-17-16-9-7-8-10-18(16)24-20(17)19(14)23-15(2)21(3,4)13-22(23,5)6;1-15-10-6-7-11-17(15)20-16(2)19(14-18(20,3)4)12-8-5-9-13-19;1-13-9-5-7-11-16(13)19-14(2)18(3,4)15-10-6-8-12-17(15)19;1-12-8-5-6-10-15(12)19-13(2)17(3,4)14-9-7-11-18-16(14)19/h5-8,16-20H,9-14H2,1-4H3;7-12,15H,13H2,1-6H3;6-7,10-11,16H,5,8-9,12-14H2,1-4H3;5-12,14H,1-4H3;5-11,13H,1-4H3/i14D2;3D3,4D3,13D2;14D2;2*3D3. The second-order valence-electron chi connectivity index (χ2n) is 35.2. The van der Waals surface area contributed by atoms with Gasteiger partial charge in [-0.3, -0.25) is 0 Å². The molecule has 10 aliphatic rings. The Morgan fingerprint density at radius 3 is 1.43 bits per heavy atom.